The minimum atomic E-state index is -0.398. The Kier molecular flexibility index (Phi) is 3.70. The average molecular weight is 324 g/mol. The maximum absolute atomic E-state index is 13.1. The lowest BCUT2D eigenvalue weighted by Crippen LogP contribution is -2.47. The van der Waals surface area contributed by atoms with Crippen molar-refractivity contribution in [3.8, 4) is 0 Å². The molecule has 2 heterocycles. The van der Waals surface area contributed by atoms with E-state index in [0.29, 0.717) is 13.1 Å². The summed E-state index contributed by atoms with van der Waals surface area (Å²) >= 11 is 0. The molecule has 3 aliphatic rings. The molecule has 0 aromatic heterocycles. The third-order valence-corrected chi connectivity index (χ3v) is 6.01. The number of fused-ring (bicyclic) bond motifs is 1. The summed E-state index contributed by atoms with van der Waals surface area (Å²) in [5.74, 6) is 0.223. The maximum atomic E-state index is 13.1. The van der Waals surface area contributed by atoms with Gasteiger partial charge >= 0.3 is 0 Å². The van der Waals surface area contributed by atoms with E-state index in [0.717, 1.165) is 44.2 Å². The molecule has 4 rings (SSSR count). The van der Waals surface area contributed by atoms with Crippen LogP contribution >= 0.6 is 0 Å². The molecule has 24 heavy (non-hydrogen) atoms. The minimum Gasteiger partial charge on any atom is -0.341 e. The predicted octanol–water partition coefficient (Wildman–Crippen LogP) is 2.75. The second kappa shape index (κ2) is 5.76. The summed E-state index contributed by atoms with van der Waals surface area (Å²) in [5.41, 5.74) is 2.90. The molecule has 1 spiro atoms. The molecule has 2 fully saturated rings. The van der Waals surface area contributed by atoms with Gasteiger partial charge in [0.05, 0.1) is 11.3 Å². The molecule has 1 aromatic carbocycles. The van der Waals surface area contributed by atoms with E-state index in [9.17, 15) is 9.59 Å². The second-order valence-corrected chi connectivity index (χ2v) is 7.49. The lowest BCUT2D eigenvalue weighted by atomic mass is 9.78. The molecule has 1 unspecified atom stereocenters. The van der Waals surface area contributed by atoms with Crippen LogP contribution in [0.2, 0.25) is 0 Å². The van der Waals surface area contributed by atoms with E-state index < -0.39 is 5.41 Å². The van der Waals surface area contributed by atoms with E-state index in [1.807, 2.05) is 11.0 Å². The first-order valence-electron chi connectivity index (χ1n) is 8.95. The van der Waals surface area contributed by atoms with Crippen LogP contribution in [-0.2, 0) is 16.0 Å². The monoisotopic (exact) mass is 324 g/mol. The van der Waals surface area contributed by atoms with E-state index in [1.165, 1.54) is 11.1 Å². The van der Waals surface area contributed by atoms with Gasteiger partial charge in [0.15, 0.2) is 0 Å². The maximum Gasteiger partial charge on any atom is 0.232 e. The topological polar surface area (TPSA) is 49.4 Å². The highest BCUT2D eigenvalue weighted by molar-refractivity contribution is 5.89. The quantitative estimate of drug-likeness (QED) is 0.863. The Bertz CT molecular complexity index is 711. The summed E-state index contributed by atoms with van der Waals surface area (Å²) in [4.78, 5) is 27.5. The number of hydrogen-bond donors (Lipinski definition) is 1. The largest absolute Gasteiger partial charge is 0.341 e. The molecule has 0 saturated carbocycles. The number of carbonyl (C=O) groups excluding carboxylic acids is 2. The molecule has 1 N–H and O–H groups in total. The highest BCUT2D eigenvalue weighted by atomic mass is 16.2. The number of benzene rings is 1. The van der Waals surface area contributed by atoms with Crippen LogP contribution in [0, 0.1) is 5.41 Å². The van der Waals surface area contributed by atoms with Gasteiger partial charge in [-0.3, -0.25) is 9.59 Å². The predicted molar refractivity (Wildman–Crippen MR) is 92.3 cm³/mol. The van der Waals surface area contributed by atoms with Crippen molar-refractivity contribution in [2.45, 2.75) is 44.4 Å². The standard InChI is InChI=1S/C20H24N2O2/c1-14-9-10-20(19(24)21-14)11-12-22(13-20)18(23)17-8-4-6-15-5-2-3-7-16(15)17/h2-3,5,7,17H,1,4,6,8-13H2,(H,21,24)/t17-,20?/m1/s1. The van der Waals surface area contributed by atoms with Crippen LogP contribution in [0.3, 0.4) is 0 Å². The number of amides is 2. The second-order valence-electron chi connectivity index (χ2n) is 7.49. The van der Waals surface area contributed by atoms with E-state index in [-0.39, 0.29) is 17.7 Å². The van der Waals surface area contributed by atoms with Crippen LogP contribution in [0.25, 0.3) is 0 Å². The normalized spacial score (nSPS) is 29.5. The van der Waals surface area contributed by atoms with E-state index >= 15 is 0 Å². The van der Waals surface area contributed by atoms with Gasteiger partial charge in [0.25, 0.3) is 0 Å². The Morgan fingerprint density at radius 2 is 2.08 bits per heavy atom. The van der Waals surface area contributed by atoms with Gasteiger partial charge in [-0.15, -0.1) is 0 Å². The molecular formula is C20H24N2O2. The third-order valence-electron chi connectivity index (χ3n) is 6.01. The van der Waals surface area contributed by atoms with E-state index in [4.69, 9.17) is 0 Å². The fourth-order valence-electron chi connectivity index (χ4n) is 4.54. The van der Waals surface area contributed by atoms with Crippen LogP contribution in [0.1, 0.15) is 49.1 Å². The zero-order valence-corrected chi connectivity index (χ0v) is 14.0. The van der Waals surface area contributed by atoms with E-state index in [2.05, 4.69) is 30.1 Å². The number of piperidine rings is 1. The van der Waals surface area contributed by atoms with Crippen molar-refractivity contribution < 1.29 is 9.59 Å². The van der Waals surface area contributed by atoms with Crippen molar-refractivity contribution in [2.24, 2.45) is 5.41 Å². The molecule has 126 valence electrons. The van der Waals surface area contributed by atoms with Crippen LogP contribution in [0.15, 0.2) is 36.5 Å². The zero-order valence-electron chi connectivity index (χ0n) is 14.0. The summed E-state index contributed by atoms with van der Waals surface area (Å²) in [7, 11) is 0. The van der Waals surface area contributed by atoms with Gasteiger partial charge in [-0.25, -0.2) is 0 Å². The van der Waals surface area contributed by atoms with Crippen LogP contribution in [-0.4, -0.2) is 29.8 Å². The van der Waals surface area contributed by atoms with Gasteiger partial charge < -0.3 is 10.2 Å². The van der Waals surface area contributed by atoms with Crippen LogP contribution < -0.4 is 5.32 Å². The summed E-state index contributed by atoms with van der Waals surface area (Å²) < 4.78 is 0. The van der Waals surface area contributed by atoms with Crippen LogP contribution in [0.5, 0.6) is 0 Å². The lowest BCUT2D eigenvalue weighted by molar-refractivity contribution is -0.135. The summed E-state index contributed by atoms with van der Waals surface area (Å²) in [6, 6.07) is 8.31. The zero-order chi connectivity index (χ0) is 16.7. The fourth-order valence-corrected chi connectivity index (χ4v) is 4.54. The van der Waals surface area contributed by atoms with E-state index in [1.54, 1.807) is 0 Å². The first-order chi connectivity index (χ1) is 11.6. The number of hydrogen-bond acceptors (Lipinski definition) is 2. The van der Waals surface area contributed by atoms with Gasteiger partial charge in [0.1, 0.15) is 0 Å². The average Bonchev–Trinajstić information content (AvgIpc) is 3.03. The van der Waals surface area contributed by atoms with Gasteiger partial charge in [-0.2, -0.15) is 0 Å². The SMILES string of the molecule is C=C1CCC2(CCN(C(=O)[C@@H]3CCCc4ccccc43)C2)C(=O)N1. The smallest absolute Gasteiger partial charge is 0.232 e. The number of likely N-dealkylation sites (tertiary alicyclic amines) is 1. The lowest BCUT2D eigenvalue weighted by Gasteiger charge is -2.34. The Hall–Kier alpha value is -2.10. The van der Waals surface area contributed by atoms with Crippen molar-refractivity contribution in [1.82, 2.24) is 10.2 Å². The van der Waals surface area contributed by atoms with Crippen LogP contribution in [0.4, 0.5) is 0 Å². The van der Waals surface area contributed by atoms with Gasteiger partial charge in [0, 0.05) is 18.8 Å². The fraction of sp³-hybridized carbons (Fsp3) is 0.500. The highest BCUT2D eigenvalue weighted by Gasteiger charge is 2.48. The highest BCUT2D eigenvalue weighted by Crippen LogP contribution is 2.41. The first kappa shape index (κ1) is 15.4. The molecule has 2 saturated heterocycles. The molecule has 2 aliphatic heterocycles. The number of carbonyl (C=O) groups is 2. The Balaban J connectivity index is 1.53. The molecule has 2 atom stereocenters. The number of allylic oxidation sites excluding steroid dienone is 1. The molecule has 0 radical (unpaired) electrons. The number of nitrogens with one attached hydrogen (secondary N) is 1. The summed E-state index contributed by atoms with van der Waals surface area (Å²) in [6.07, 6.45) is 5.44. The van der Waals surface area contributed by atoms with Gasteiger partial charge in [-0.1, -0.05) is 30.8 Å². The number of rotatable bonds is 1. The van der Waals surface area contributed by atoms with Gasteiger partial charge in [0.2, 0.25) is 11.8 Å². The van der Waals surface area contributed by atoms with Crippen molar-refractivity contribution in [3.63, 3.8) is 0 Å². The van der Waals surface area contributed by atoms with Crippen molar-refractivity contribution in [1.29, 1.82) is 0 Å². The molecule has 1 aromatic rings. The molecule has 0 bridgehead atoms. The van der Waals surface area contributed by atoms with Gasteiger partial charge in [-0.05, 0) is 49.7 Å². The molecule has 4 nitrogen and oxygen atoms in total. The first-order valence-corrected chi connectivity index (χ1v) is 8.95. The summed E-state index contributed by atoms with van der Waals surface area (Å²) in [5, 5.41) is 2.90. The van der Waals surface area contributed by atoms with Crippen molar-refractivity contribution >= 4 is 11.8 Å². The molecule has 2 amide bonds. The van der Waals surface area contributed by atoms with Crippen molar-refractivity contribution in [2.75, 3.05) is 13.1 Å². The molecule has 4 heteroatoms. The Labute approximate surface area is 142 Å². The summed E-state index contributed by atoms with van der Waals surface area (Å²) in [6.45, 7) is 5.11. The Morgan fingerprint density at radius 3 is 2.92 bits per heavy atom. The minimum absolute atomic E-state index is 0.0354. The number of aryl methyl sites for hydroxylation is 1. The number of nitrogens with zero attached hydrogens (tertiary/aromatic N) is 1. The Morgan fingerprint density at radius 1 is 1.25 bits per heavy atom. The van der Waals surface area contributed by atoms with Crippen molar-refractivity contribution in [3.05, 3.63) is 47.7 Å². The molecule has 1 aliphatic carbocycles. The third kappa shape index (κ3) is 2.45. The molecular weight excluding hydrogens is 300 g/mol.